The monoisotopic (exact) mass is 731 g/mol. The largest absolute Gasteiger partial charge is 0.475 e. The lowest BCUT2D eigenvalue weighted by atomic mass is 9.87. The molecule has 0 aliphatic carbocycles. The Kier molecular flexibility index (Phi) is 11.8. The van der Waals surface area contributed by atoms with Crippen LogP contribution in [0.5, 0.6) is 5.88 Å². The fourth-order valence-corrected chi connectivity index (χ4v) is 7.34. The number of hydrogen-bond acceptors (Lipinski definition) is 10. The van der Waals surface area contributed by atoms with Crippen molar-refractivity contribution in [2.75, 3.05) is 29.4 Å². The molecule has 3 heterocycles. The van der Waals surface area contributed by atoms with Gasteiger partial charge in [0.15, 0.2) is 0 Å². The van der Waals surface area contributed by atoms with Crippen molar-refractivity contribution >= 4 is 27.7 Å². The Balaban J connectivity index is 0.00000627. The van der Waals surface area contributed by atoms with E-state index >= 15 is 0 Å². The Morgan fingerprint density at radius 1 is 1.02 bits per heavy atom. The van der Waals surface area contributed by atoms with Gasteiger partial charge in [0.2, 0.25) is 11.8 Å². The number of amides is 1. The van der Waals surface area contributed by atoms with Crippen LogP contribution < -0.4 is 14.4 Å². The van der Waals surface area contributed by atoms with Gasteiger partial charge in [0.25, 0.3) is 15.9 Å². The maximum Gasteiger partial charge on any atom is 0.264 e. The van der Waals surface area contributed by atoms with Crippen LogP contribution in [0.3, 0.4) is 0 Å². The maximum absolute atomic E-state index is 14.6. The molecule has 52 heavy (non-hydrogen) atoms. The molecule has 0 fully saturated rings. The summed E-state index contributed by atoms with van der Waals surface area (Å²) < 4.78 is 42.3. The predicted molar refractivity (Wildman–Crippen MR) is 205 cm³/mol. The van der Waals surface area contributed by atoms with Crippen molar-refractivity contribution in [1.82, 2.24) is 24.8 Å². The summed E-state index contributed by atoms with van der Waals surface area (Å²) >= 11 is 0. The van der Waals surface area contributed by atoms with Gasteiger partial charge >= 0.3 is 0 Å². The number of fused-ring (bicyclic) bond motifs is 4. The van der Waals surface area contributed by atoms with Crippen LogP contribution in [0.2, 0.25) is 0 Å². The van der Waals surface area contributed by atoms with Crippen LogP contribution in [0.1, 0.15) is 83.5 Å². The first-order valence-corrected chi connectivity index (χ1v) is 19.2. The van der Waals surface area contributed by atoms with Crippen LogP contribution in [0.15, 0.2) is 65.8 Å². The molecule has 1 aliphatic rings. The molecule has 4 bridgehead atoms. The molecule has 13 heteroatoms. The quantitative estimate of drug-likeness (QED) is 0.180. The van der Waals surface area contributed by atoms with Crippen molar-refractivity contribution in [1.29, 1.82) is 0 Å². The van der Waals surface area contributed by atoms with Gasteiger partial charge in [-0.3, -0.25) is 9.78 Å². The van der Waals surface area contributed by atoms with Gasteiger partial charge in [-0.25, -0.2) is 23.1 Å². The van der Waals surface area contributed by atoms with Crippen molar-refractivity contribution in [3.05, 3.63) is 83.3 Å². The standard InChI is InChI=1S/C39H51N7O5S.H2/c1-25(2)45(16-17-50-26(3)4)34-22-40-21-30(41-34)23-46-31(20-39(7,8)9)24-51-35-19-33(36-27(5)12-10-13-28(36)6)42-38(43-35)44-52(48,49)32-15-11-14-29(18-32)37(46)47;/h10-15,18-19,21-22,25-26,31H,16-17,20,23-24H2,1-9H3,(H,42,43,44);1H/t31-;/m1./s1. The molecule has 1 aliphatic heterocycles. The predicted octanol–water partition coefficient (Wildman–Crippen LogP) is 7.08. The van der Waals surface area contributed by atoms with E-state index in [0.29, 0.717) is 36.8 Å². The summed E-state index contributed by atoms with van der Waals surface area (Å²) in [5.41, 5.74) is 3.89. The summed E-state index contributed by atoms with van der Waals surface area (Å²) in [6, 6.07) is 13.3. The van der Waals surface area contributed by atoms with Crippen molar-refractivity contribution in [2.24, 2.45) is 5.41 Å². The first-order chi connectivity index (χ1) is 24.5. The van der Waals surface area contributed by atoms with E-state index in [1.807, 2.05) is 45.9 Å². The van der Waals surface area contributed by atoms with E-state index in [1.165, 1.54) is 12.1 Å². The molecule has 0 saturated heterocycles. The van der Waals surface area contributed by atoms with Crippen molar-refractivity contribution in [3.63, 3.8) is 0 Å². The van der Waals surface area contributed by atoms with E-state index in [1.54, 1.807) is 35.5 Å². The third kappa shape index (κ3) is 9.62. The van der Waals surface area contributed by atoms with Crippen LogP contribution in [0.4, 0.5) is 11.8 Å². The number of aryl methyl sites for hydroxylation is 2. The van der Waals surface area contributed by atoms with E-state index in [4.69, 9.17) is 14.5 Å². The smallest absolute Gasteiger partial charge is 0.264 e. The highest BCUT2D eigenvalue weighted by Gasteiger charge is 2.32. The summed E-state index contributed by atoms with van der Waals surface area (Å²) in [4.78, 5) is 37.0. The second kappa shape index (κ2) is 16.0. The van der Waals surface area contributed by atoms with Gasteiger partial charge in [0.1, 0.15) is 12.4 Å². The number of sulfonamides is 1. The number of carbonyl (C=O) groups is 1. The number of carbonyl (C=O) groups excluding carboxylic acids is 1. The summed E-state index contributed by atoms with van der Waals surface area (Å²) in [5.74, 6) is 0.367. The van der Waals surface area contributed by atoms with Gasteiger partial charge in [-0.15, -0.1) is 0 Å². The Morgan fingerprint density at radius 2 is 1.73 bits per heavy atom. The molecule has 2 aromatic carbocycles. The first kappa shape index (κ1) is 38.6. The second-order valence-corrected chi connectivity index (χ2v) is 16.7. The van der Waals surface area contributed by atoms with E-state index < -0.39 is 16.1 Å². The van der Waals surface area contributed by atoms with E-state index in [2.05, 4.69) is 59.2 Å². The van der Waals surface area contributed by atoms with Crippen molar-refractivity contribution in [2.45, 2.75) is 98.4 Å². The average molecular weight is 732 g/mol. The molecule has 2 aromatic heterocycles. The van der Waals surface area contributed by atoms with Gasteiger partial charge in [0.05, 0.1) is 54.0 Å². The van der Waals surface area contributed by atoms with Gasteiger partial charge < -0.3 is 19.3 Å². The van der Waals surface area contributed by atoms with Crippen LogP contribution in [0.25, 0.3) is 11.3 Å². The van der Waals surface area contributed by atoms with Crippen molar-refractivity contribution < 1.29 is 24.1 Å². The van der Waals surface area contributed by atoms with Gasteiger partial charge in [-0.05, 0) is 82.7 Å². The number of hydrogen-bond donors (Lipinski definition) is 1. The highest BCUT2D eigenvalue weighted by atomic mass is 32.2. The van der Waals surface area contributed by atoms with Crippen LogP contribution >= 0.6 is 0 Å². The van der Waals surface area contributed by atoms with Crippen LogP contribution in [-0.4, -0.2) is 77.1 Å². The number of anilines is 2. The molecule has 4 aromatic rings. The van der Waals surface area contributed by atoms with Crippen LogP contribution in [0, 0.1) is 19.3 Å². The SMILES string of the molecule is Cc1cccc(C)c1-c1cc2nc(n1)NS(=O)(=O)c1cccc(c1)C(=O)N(Cc1cncc(N(CCOC(C)C)C(C)C)n1)[C@H](CC(C)(C)C)CO2.[HH]. The molecule has 12 nitrogen and oxygen atoms in total. The van der Waals surface area contributed by atoms with Gasteiger partial charge in [-0.1, -0.05) is 45.0 Å². The zero-order valence-electron chi connectivity index (χ0n) is 31.7. The molecule has 1 amide bonds. The minimum Gasteiger partial charge on any atom is -0.475 e. The Hall–Kier alpha value is -4.62. The number of ether oxygens (including phenoxy) is 2. The van der Waals surface area contributed by atoms with Gasteiger partial charge in [0, 0.05) is 31.2 Å². The van der Waals surface area contributed by atoms with E-state index in [9.17, 15) is 13.2 Å². The second-order valence-electron chi connectivity index (χ2n) is 15.1. The summed E-state index contributed by atoms with van der Waals surface area (Å²) in [7, 11) is -4.20. The molecule has 5 rings (SSSR count). The molecule has 1 atom stereocenters. The minimum absolute atomic E-state index is 0. The summed E-state index contributed by atoms with van der Waals surface area (Å²) in [6.45, 7) is 19.8. The lowest BCUT2D eigenvalue weighted by Crippen LogP contribution is -2.45. The highest BCUT2D eigenvalue weighted by Crippen LogP contribution is 2.32. The minimum atomic E-state index is -4.20. The first-order valence-electron chi connectivity index (χ1n) is 17.7. The number of nitrogens with one attached hydrogen (secondary N) is 1. The zero-order chi connectivity index (χ0) is 37.8. The number of aromatic nitrogens is 4. The average Bonchev–Trinajstić information content (AvgIpc) is 3.06. The number of benzene rings is 2. The molecular formula is C39H53N7O5S. The molecule has 1 N–H and O–H groups in total. The Bertz CT molecular complexity index is 1980. The van der Waals surface area contributed by atoms with Crippen LogP contribution in [-0.2, 0) is 21.3 Å². The lowest BCUT2D eigenvalue weighted by molar-refractivity contribution is 0.0509. The fraction of sp³-hybridized carbons (Fsp3) is 0.462. The third-order valence-corrected chi connectivity index (χ3v) is 10.1. The molecular weight excluding hydrogens is 679 g/mol. The molecule has 0 spiro atoms. The number of rotatable bonds is 10. The zero-order valence-corrected chi connectivity index (χ0v) is 32.5. The summed E-state index contributed by atoms with van der Waals surface area (Å²) in [5, 5.41) is 0. The molecule has 280 valence electrons. The highest BCUT2D eigenvalue weighted by molar-refractivity contribution is 7.92. The Morgan fingerprint density at radius 3 is 2.40 bits per heavy atom. The number of nitrogens with zero attached hydrogens (tertiary/aromatic N) is 6. The molecule has 0 unspecified atom stereocenters. The van der Waals surface area contributed by atoms with E-state index in [-0.39, 0.29) is 60.3 Å². The maximum atomic E-state index is 14.6. The fourth-order valence-electron chi connectivity index (χ4n) is 6.35. The molecule has 0 radical (unpaired) electrons. The Labute approximate surface area is 309 Å². The molecule has 0 saturated carbocycles. The van der Waals surface area contributed by atoms with Gasteiger partial charge in [-0.2, -0.15) is 4.98 Å². The van der Waals surface area contributed by atoms with E-state index in [0.717, 1.165) is 16.7 Å². The van der Waals surface area contributed by atoms with Crippen molar-refractivity contribution in [3.8, 4) is 17.1 Å². The lowest BCUT2D eigenvalue weighted by Gasteiger charge is -2.36. The summed E-state index contributed by atoms with van der Waals surface area (Å²) in [6.07, 6.45) is 4.05. The topological polar surface area (TPSA) is 140 Å². The third-order valence-electron chi connectivity index (χ3n) is 8.74. The normalized spacial score (nSPS) is 16.1.